The highest BCUT2D eigenvalue weighted by molar-refractivity contribution is 6.00. The number of hydrogen-bond acceptors (Lipinski definition) is 6. The van der Waals surface area contributed by atoms with Gasteiger partial charge in [0.2, 0.25) is 0 Å². The van der Waals surface area contributed by atoms with Gasteiger partial charge < -0.3 is 14.2 Å². The Morgan fingerprint density at radius 3 is 1.73 bits per heavy atom. The van der Waals surface area contributed by atoms with E-state index in [1.54, 1.807) is 61.5 Å². The van der Waals surface area contributed by atoms with E-state index in [9.17, 15) is 14.4 Å². The van der Waals surface area contributed by atoms with E-state index in [2.05, 4.69) is 6.58 Å². The van der Waals surface area contributed by atoms with Gasteiger partial charge in [-0.05, 0) is 54.9 Å². The van der Waals surface area contributed by atoms with Crippen LogP contribution in [0.15, 0.2) is 12.7 Å². The van der Waals surface area contributed by atoms with Crippen molar-refractivity contribution in [1.29, 1.82) is 0 Å². The van der Waals surface area contributed by atoms with Gasteiger partial charge in [-0.2, -0.15) is 4.90 Å². The largest absolute Gasteiger partial charge is 0.464 e. The number of nitrogens with zero attached hydrogens (tertiary/aromatic N) is 1. The number of amides is 2. The molecule has 1 aliphatic rings. The van der Waals surface area contributed by atoms with Crippen LogP contribution in [0.4, 0.5) is 9.59 Å². The summed E-state index contributed by atoms with van der Waals surface area (Å²) in [7, 11) is 0. The van der Waals surface area contributed by atoms with Crippen LogP contribution in [0.2, 0.25) is 0 Å². The van der Waals surface area contributed by atoms with Crippen molar-refractivity contribution in [2.75, 3.05) is 6.61 Å². The van der Waals surface area contributed by atoms with Crippen molar-refractivity contribution in [2.24, 2.45) is 5.41 Å². The molecule has 148 valence electrons. The van der Waals surface area contributed by atoms with Crippen LogP contribution in [0.25, 0.3) is 0 Å². The van der Waals surface area contributed by atoms with Crippen LogP contribution in [0.5, 0.6) is 0 Å². The van der Waals surface area contributed by atoms with E-state index in [0.29, 0.717) is 0 Å². The Morgan fingerprint density at radius 1 is 1.04 bits per heavy atom. The summed E-state index contributed by atoms with van der Waals surface area (Å²) in [6.07, 6.45) is -0.164. The first kappa shape index (κ1) is 22.0. The molecule has 2 atom stereocenters. The van der Waals surface area contributed by atoms with Crippen molar-refractivity contribution < 1.29 is 28.6 Å². The van der Waals surface area contributed by atoms with Crippen molar-refractivity contribution in [3.8, 4) is 0 Å². The van der Waals surface area contributed by atoms with Gasteiger partial charge in [0, 0.05) is 5.41 Å². The Morgan fingerprint density at radius 2 is 1.46 bits per heavy atom. The third kappa shape index (κ3) is 4.37. The molecule has 7 heteroatoms. The Hall–Kier alpha value is -2.05. The number of carbonyl (C=O) groups is 3. The van der Waals surface area contributed by atoms with Crippen LogP contribution in [0.1, 0.15) is 61.8 Å². The normalized spacial score (nSPS) is 25.1. The summed E-state index contributed by atoms with van der Waals surface area (Å²) in [6.45, 7) is 17.3. The molecule has 1 saturated carbocycles. The van der Waals surface area contributed by atoms with Gasteiger partial charge >= 0.3 is 18.2 Å². The van der Waals surface area contributed by atoms with Crippen LogP contribution in [0, 0.1) is 5.41 Å². The minimum absolute atomic E-state index is 0.115. The molecule has 0 aromatic carbocycles. The zero-order valence-corrected chi connectivity index (χ0v) is 17.1. The maximum absolute atomic E-state index is 12.8. The molecule has 1 fully saturated rings. The Bertz CT molecular complexity index is 572. The summed E-state index contributed by atoms with van der Waals surface area (Å²) >= 11 is 0. The molecule has 0 aromatic rings. The van der Waals surface area contributed by atoms with Gasteiger partial charge in [0.15, 0.2) is 5.54 Å². The van der Waals surface area contributed by atoms with Crippen LogP contribution in [-0.4, -0.2) is 46.4 Å². The van der Waals surface area contributed by atoms with E-state index < -0.39 is 40.3 Å². The van der Waals surface area contributed by atoms with Gasteiger partial charge in [0.25, 0.3) is 0 Å². The lowest BCUT2D eigenvalue weighted by Crippen LogP contribution is -2.56. The number of rotatable bonds is 4. The van der Waals surface area contributed by atoms with Crippen molar-refractivity contribution in [3.63, 3.8) is 0 Å². The predicted octanol–water partition coefficient (Wildman–Crippen LogP) is 4.06. The van der Waals surface area contributed by atoms with E-state index >= 15 is 0 Å². The molecule has 1 unspecified atom stereocenters. The second-order valence-electron chi connectivity index (χ2n) is 8.68. The average Bonchev–Trinajstić information content (AvgIpc) is 3.03. The average molecular weight is 369 g/mol. The van der Waals surface area contributed by atoms with Gasteiger partial charge in [0.05, 0.1) is 6.61 Å². The van der Waals surface area contributed by atoms with Crippen LogP contribution in [0.3, 0.4) is 0 Å². The Balaban J connectivity index is 3.41. The summed E-state index contributed by atoms with van der Waals surface area (Å²) in [5, 5.41) is 0. The standard InChI is InChI=1S/C19H31NO6/c1-10-18(9)12-19(18,13(21)24-11-2)20(14(22)25-16(3,4)5)15(23)26-17(6,7)8/h10H,1,11-12H2,2-9H3/t18?,19-/m0/s1. The molecule has 2 amide bonds. The SMILES string of the molecule is C=CC1(C)C[C@@]1(C(=O)OCC)N(C(=O)OC(C)(C)C)C(=O)OC(C)(C)C. The van der Waals surface area contributed by atoms with Crippen molar-refractivity contribution in [1.82, 2.24) is 4.90 Å². The van der Waals surface area contributed by atoms with Gasteiger partial charge in [-0.3, -0.25) is 0 Å². The lowest BCUT2D eigenvalue weighted by Gasteiger charge is -2.34. The highest BCUT2D eigenvalue weighted by Gasteiger charge is 2.76. The minimum Gasteiger partial charge on any atom is -0.464 e. The molecule has 0 spiro atoms. The molecule has 1 aliphatic carbocycles. The number of esters is 1. The second kappa shape index (κ2) is 6.93. The molecule has 0 aliphatic heterocycles. The zero-order chi connectivity index (χ0) is 20.6. The lowest BCUT2D eigenvalue weighted by molar-refractivity contribution is -0.152. The molecule has 0 saturated heterocycles. The van der Waals surface area contributed by atoms with Crippen molar-refractivity contribution in [2.45, 2.75) is 78.6 Å². The maximum atomic E-state index is 12.8. The number of imide groups is 1. The van der Waals surface area contributed by atoms with Crippen LogP contribution < -0.4 is 0 Å². The molecule has 0 N–H and O–H groups in total. The summed E-state index contributed by atoms with van der Waals surface area (Å²) < 4.78 is 15.9. The van der Waals surface area contributed by atoms with Crippen LogP contribution >= 0.6 is 0 Å². The van der Waals surface area contributed by atoms with Gasteiger partial charge in [-0.25, -0.2) is 14.4 Å². The number of carbonyl (C=O) groups excluding carboxylic acids is 3. The molecule has 0 bridgehead atoms. The fraction of sp³-hybridized carbons (Fsp3) is 0.737. The fourth-order valence-corrected chi connectivity index (χ4v) is 2.71. The van der Waals surface area contributed by atoms with Crippen molar-refractivity contribution in [3.05, 3.63) is 12.7 Å². The molecular weight excluding hydrogens is 338 g/mol. The third-order valence-corrected chi connectivity index (χ3v) is 4.04. The third-order valence-electron chi connectivity index (χ3n) is 4.04. The summed E-state index contributed by atoms with van der Waals surface area (Å²) in [6, 6.07) is 0. The smallest absolute Gasteiger partial charge is 0.420 e. The highest BCUT2D eigenvalue weighted by atomic mass is 16.6. The first-order valence-corrected chi connectivity index (χ1v) is 8.70. The lowest BCUT2D eigenvalue weighted by atomic mass is 10.0. The van der Waals surface area contributed by atoms with E-state index in [1.165, 1.54) is 0 Å². The summed E-state index contributed by atoms with van der Waals surface area (Å²) in [5.41, 5.74) is -4.07. The molecule has 1 rings (SSSR count). The monoisotopic (exact) mass is 369 g/mol. The fourth-order valence-electron chi connectivity index (χ4n) is 2.71. The van der Waals surface area contributed by atoms with E-state index in [0.717, 1.165) is 4.90 Å². The van der Waals surface area contributed by atoms with Gasteiger partial charge in [0.1, 0.15) is 11.2 Å². The van der Waals surface area contributed by atoms with Gasteiger partial charge in [-0.15, -0.1) is 6.58 Å². The zero-order valence-electron chi connectivity index (χ0n) is 17.1. The Kier molecular flexibility index (Phi) is 5.86. The molecule has 7 nitrogen and oxygen atoms in total. The summed E-state index contributed by atoms with van der Waals surface area (Å²) in [4.78, 5) is 39.2. The summed E-state index contributed by atoms with van der Waals surface area (Å²) in [5.74, 6) is -0.681. The quantitative estimate of drug-likeness (QED) is 0.422. The van der Waals surface area contributed by atoms with E-state index in [1.807, 2.05) is 0 Å². The van der Waals surface area contributed by atoms with E-state index in [4.69, 9.17) is 14.2 Å². The van der Waals surface area contributed by atoms with Crippen molar-refractivity contribution >= 4 is 18.2 Å². The predicted molar refractivity (Wildman–Crippen MR) is 96.6 cm³/mol. The molecular formula is C19H31NO6. The first-order chi connectivity index (χ1) is 11.6. The topological polar surface area (TPSA) is 82.1 Å². The minimum atomic E-state index is -1.53. The van der Waals surface area contributed by atoms with E-state index in [-0.39, 0.29) is 13.0 Å². The molecule has 0 aromatic heterocycles. The molecule has 0 radical (unpaired) electrons. The second-order valence-corrected chi connectivity index (χ2v) is 8.68. The number of hydrogen-bond donors (Lipinski definition) is 0. The maximum Gasteiger partial charge on any atom is 0.420 e. The number of ether oxygens (including phenoxy) is 3. The van der Waals surface area contributed by atoms with Gasteiger partial charge in [-0.1, -0.05) is 13.0 Å². The molecule has 26 heavy (non-hydrogen) atoms. The highest BCUT2D eigenvalue weighted by Crippen LogP contribution is 2.61. The first-order valence-electron chi connectivity index (χ1n) is 8.70. The molecule has 0 heterocycles. The Labute approximate surface area is 155 Å². The van der Waals surface area contributed by atoms with Crippen LogP contribution in [-0.2, 0) is 19.0 Å².